The Bertz CT molecular complexity index is 868. The summed E-state index contributed by atoms with van der Waals surface area (Å²) in [4.78, 5) is 0. The smallest absolute Gasteiger partial charge is 0.229 e. The van der Waals surface area contributed by atoms with E-state index in [1.807, 2.05) is 56.8 Å². The number of hydrogen-bond donors (Lipinski definition) is 0. The van der Waals surface area contributed by atoms with E-state index in [4.69, 9.17) is 0 Å². The van der Waals surface area contributed by atoms with Crippen molar-refractivity contribution in [2.24, 2.45) is 7.05 Å². The van der Waals surface area contributed by atoms with Crippen molar-refractivity contribution in [1.29, 1.82) is 0 Å². The molecule has 0 radical (unpaired) electrons. The summed E-state index contributed by atoms with van der Waals surface area (Å²) in [6.07, 6.45) is 1.98. The molecule has 118 valence electrons. The Hall–Kier alpha value is -2.42. The number of aromatic nitrogens is 2. The van der Waals surface area contributed by atoms with E-state index < -0.39 is 0 Å². The first-order valence-corrected chi connectivity index (χ1v) is 7.81. The molecule has 3 heteroatoms. The number of rotatable bonds is 2. The van der Waals surface area contributed by atoms with Crippen LogP contribution in [-0.4, -0.2) is 4.57 Å². The van der Waals surface area contributed by atoms with E-state index in [2.05, 4.69) is 19.1 Å². The summed E-state index contributed by atoms with van der Waals surface area (Å²) in [6, 6.07) is 11.8. The van der Waals surface area contributed by atoms with Crippen LogP contribution in [-0.2, 0) is 7.05 Å². The van der Waals surface area contributed by atoms with Gasteiger partial charge < -0.3 is 0 Å². The third kappa shape index (κ3) is 2.56. The summed E-state index contributed by atoms with van der Waals surface area (Å²) < 4.78 is 18.6. The molecule has 0 spiro atoms. The van der Waals surface area contributed by atoms with Gasteiger partial charge in [0.2, 0.25) is 5.69 Å². The molecule has 23 heavy (non-hydrogen) atoms. The molecule has 1 aromatic carbocycles. The molecule has 0 N–H and O–H groups in total. The summed E-state index contributed by atoms with van der Waals surface area (Å²) in [7, 11) is 1.98. The van der Waals surface area contributed by atoms with Gasteiger partial charge in [-0.1, -0.05) is 17.7 Å². The normalized spacial score (nSPS) is 11.0. The van der Waals surface area contributed by atoms with Crippen molar-refractivity contribution in [1.82, 2.24) is 4.57 Å². The molecular formula is C20H22FN2+. The Morgan fingerprint density at radius 2 is 1.57 bits per heavy atom. The fourth-order valence-electron chi connectivity index (χ4n) is 3.42. The lowest BCUT2D eigenvalue weighted by Crippen LogP contribution is -2.31. The molecule has 3 rings (SSSR count). The highest BCUT2D eigenvalue weighted by atomic mass is 19.1. The van der Waals surface area contributed by atoms with Crippen molar-refractivity contribution in [2.45, 2.75) is 27.7 Å². The maximum Gasteiger partial charge on any atom is 0.229 e. The first kappa shape index (κ1) is 15.5. The molecule has 2 heterocycles. The van der Waals surface area contributed by atoms with Crippen molar-refractivity contribution in [3.8, 4) is 17.1 Å². The summed E-state index contributed by atoms with van der Waals surface area (Å²) in [6.45, 7) is 8.11. The zero-order valence-corrected chi connectivity index (χ0v) is 14.3. The monoisotopic (exact) mass is 309 g/mol. The van der Waals surface area contributed by atoms with Gasteiger partial charge in [0.1, 0.15) is 12.7 Å². The van der Waals surface area contributed by atoms with E-state index in [-0.39, 0.29) is 5.95 Å². The third-order valence-corrected chi connectivity index (χ3v) is 4.30. The Kier molecular flexibility index (Phi) is 3.80. The van der Waals surface area contributed by atoms with Crippen LogP contribution in [0.15, 0.2) is 42.6 Å². The molecule has 0 aliphatic rings. The maximum absolute atomic E-state index is 14.8. The van der Waals surface area contributed by atoms with Gasteiger partial charge in [-0.2, -0.15) is 8.96 Å². The molecule has 3 aromatic rings. The largest absolute Gasteiger partial charge is 0.280 e. The standard InChI is InChI=1S/C20H22FN2/c1-13-10-14(2)19(15(3)11-13)23-18(21)12-16(4)20(23)17-8-6-7-9-22(17)5/h6-12H,1-5H3/q+1. The molecule has 0 saturated carbocycles. The molecule has 0 saturated heterocycles. The predicted octanol–water partition coefficient (Wildman–Crippen LogP) is 4.34. The minimum atomic E-state index is -0.226. The van der Waals surface area contributed by atoms with E-state index in [0.717, 1.165) is 33.8 Å². The quantitative estimate of drug-likeness (QED) is 0.623. The number of pyridine rings is 1. The van der Waals surface area contributed by atoms with Gasteiger partial charge in [-0.05, 0) is 56.5 Å². The van der Waals surface area contributed by atoms with Crippen LogP contribution in [0.3, 0.4) is 0 Å². The van der Waals surface area contributed by atoms with Crippen LogP contribution in [0.4, 0.5) is 4.39 Å². The van der Waals surface area contributed by atoms with Crippen molar-refractivity contribution in [2.75, 3.05) is 0 Å². The molecule has 0 fully saturated rings. The molecule has 2 aromatic heterocycles. The van der Waals surface area contributed by atoms with Crippen LogP contribution in [0.5, 0.6) is 0 Å². The highest BCUT2D eigenvalue weighted by Crippen LogP contribution is 2.31. The summed E-state index contributed by atoms with van der Waals surface area (Å²) in [5, 5.41) is 0. The number of hydrogen-bond acceptors (Lipinski definition) is 0. The second kappa shape index (κ2) is 5.65. The van der Waals surface area contributed by atoms with Gasteiger partial charge in [-0.3, -0.25) is 4.57 Å². The first-order chi connectivity index (χ1) is 10.9. The lowest BCUT2D eigenvalue weighted by atomic mass is 10.0. The van der Waals surface area contributed by atoms with Crippen molar-refractivity contribution < 1.29 is 8.96 Å². The average Bonchev–Trinajstić information content (AvgIpc) is 2.73. The van der Waals surface area contributed by atoms with Gasteiger partial charge in [-0.25, -0.2) is 0 Å². The zero-order valence-electron chi connectivity index (χ0n) is 14.3. The Labute approximate surface area is 136 Å². The lowest BCUT2D eigenvalue weighted by Gasteiger charge is -2.16. The molecule has 0 atom stereocenters. The van der Waals surface area contributed by atoms with Crippen LogP contribution in [0.25, 0.3) is 17.1 Å². The van der Waals surface area contributed by atoms with E-state index >= 15 is 0 Å². The minimum Gasteiger partial charge on any atom is -0.280 e. The van der Waals surface area contributed by atoms with E-state index in [1.165, 1.54) is 5.56 Å². The second-order valence-corrected chi connectivity index (χ2v) is 6.28. The topological polar surface area (TPSA) is 8.81 Å². The third-order valence-electron chi connectivity index (χ3n) is 4.30. The van der Waals surface area contributed by atoms with Gasteiger partial charge in [0.15, 0.2) is 12.1 Å². The van der Waals surface area contributed by atoms with Gasteiger partial charge in [-0.15, -0.1) is 0 Å². The van der Waals surface area contributed by atoms with Crippen LogP contribution < -0.4 is 4.57 Å². The average molecular weight is 309 g/mol. The number of aryl methyl sites for hydroxylation is 5. The molecule has 2 nitrogen and oxygen atoms in total. The molecule has 0 aliphatic carbocycles. The molecule has 0 unspecified atom stereocenters. The fourth-order valence-corrected chi connectivity index (χ4v) is 3.42. The van der Waals surface area contributed by atoms with Gasteiger partial charge >= 0.3 is 0 Å². The SMILES string of the molecule is Cc1cc(C)c(-n2c(F)cc(C)c2-c2cccc[n+]2C)c(C)c1. The number of halogens is 1. The summed E-state index contributed by atoms with van der Waals surface area (Å²) >= 11 is 0. The van der Waals surface area contributed by atoms with Crippen LogP contribution in [0.1, 0.15) is 22.3 Å². The van der Waals surface area contributed by atoms with Crippen LogP contribution >= 0.6 is 0 Å². The number of nitrogens with zero attached hydrogens (tertiary/aromatic N) is 2. The van der Waals surface area contributed by atoms with E-state index in [1.54, 1.807) is 10.6 Å². The van der Waals surface area contributed by atoms with E-state index in [9.17, 15) is 4.39 Å². The van der Waals surface area contributed by atoms with Gasteiger partial charge in [0, 0.05) is 12.1 Å². The van der Waals surface area contributed by atoms with Crippen molar-refractivity contribution >= 4 is 0 Å². The van der Waals surface area contributed by atoms with Crippen LogP contribution in [0, 0.1) is 33.6 Å². The Morgan fingerprint density at radius 3 is 2.17 bits per heavy atom. The van der Waals surface area contributed by atoms with Crippen LogP contribution in [0.2, 0.25) is 0 Å². The lowest BCUT2D eigenvalue weighted by molar-refractivity contribution is -0.660. The van der Waals surface area contributed by atoms with Gasteiger partial charge in [0.05, 0.1) is 5.69 Å². The van der Waals surface area contributed by atoms with E-state index in [0.29, 0.717) is 0 Å². The summed E-state index contributed by atoms with van der Waals surface area (Å²) in [5.41, 5.74) is 7.12. The molecule has 0 aliphatic heterocycles. The van der Waals surface area contributed by atoms with Crippen molar-refractivity contribution in [3.05, 3.63) is 70.8 Å². The Balaban J connectivity index is 2.37. The highest BCUT2D eigenvalue weighted by Gasteiger charge is 2.23. The van der Waals surface area contributed by atoms with Gasteiger partial charge in [0.25, 0.3) is 0 Å². The zero-order chi connectivity index (χ0) is 16.7. The fraction of sp³-hybridized carbons (Fsp3) is 0.250. The molecule has 0 amide bonds. The first-order valence-electron chi connectivity index (χ1n) is 7.81. The predicted molar refractivity (Wildman–Crippen MR) is 91.3 cm³/mol. The highest BCUT2D eigenvalue weighted by molar-refractivity contribution is 5.64. The van der Waals surface area contributed by atoms with Crippen molar-refractivity contribution in [3.63, 3.8) is 0 Å². The maximum atomic E-state index is 14.8. The Morgan fingerprint density at radius 1 is 0.913 bits per heavy atom. The second-order valence-electron chi connectivity index (χ2n) is 6.28. The molecule has 0 bridgehead atoms. The number of benzene rings is 1. The minimum absolute atomic E-state index is 0.226. The molecular weight excluding hydrogens is 287 g/mol. The summed E-state index contributed by atoms with van der Waals surface area (Å²) in [5.74, 6) is -0.226.